The van der Waals surface area contributed by atoms with Crippen molar-refractivity contribution in [2.45, 2.75) is 6.42 Å². The number of halogens is 1. The monoisotopic (exact) mass is 210 g/mol. The highest BCUT2D eigenvalue weighted by Gasteiger charge is 2.43. The second-order valence-electron chi connectivity index (χ2n) is 3.68. The van der Waals surface area contributed by atoms with Gasteiger partial charge >= 0.3 is 5.97 Å². The molecule has 1 fully saturated rings. The highest BCUT2D eigenvalue weighted by molar-refractivity contribution is 5.73. The zero-order chi connectivity index (χ0) is 10.8. The zero-order valence-corrected chi connectivity index (χ0v) is 8.02. The van der Waals surface area contributed by atoms with Crippen molar-refractivity contribution in [1.82, 2.24) is 0 Å². The number of carbonyl (C=O) groups is 1. The molecule has 1 saturated carbocycles. The SMILES string of the molecule is O=C(O)C1CC1COc1ccccc1F. The van der Waals surface area contributed by atoms with E-state index in [2.05, 4.69) is 0 Å². The Labute approximate surface area is 86.5 Å². The van der Waals surface area contributed by atoms with Crippen LogP contribution in [0.3, 0.4) is 0 Å². The lowest BCUT2D eigenvalue weighted by molar-refractivity contribution is -0.138. The van der Waals surface area contributed by atoms with Crippen molar-refractivity contribution in [1.29, 1.82) is 0 Å². The van der Waals surface area contributed by atoms with Gasteiger partial charge in [0.2, 0.25) is 0 Å². The molecule has 2 rings (SSSR count). The van der Waals surface area contributed by atoms with E-state index in [4.69, 9.17) is 9.84 Å². The summed E-state index contributed by atoms with van der Waals surface area (Å²) in [4.78, 5) is 10.5. The smallest absolute Gasteiger partial charge is 0.306 e. The zero-order valence-electron chi connectivity index (χ0n) is 8.02. The van der Waals surface area contributed by atoms with Crippen molar-refractivity contribution in [3.8, 4) is 5.75 Å². The topological polar surface area (TPSA) is 46.5 Å². The van der Waals surface area contributed by atoms with E-state index in [1.54, 1.807) is 12.1 Å². The summed E-state index contributed by atoms with van der Waals surface area (Å²) < 4.78 is 18.3. The maximum atomic E-state index is 13.1. The first-order valence-corrected chi connectivity index (χ1v) is 4.78. The third kappa shape index (κ3) is 2.26. The van der Waals surface area contributed by atoms with E-state index in [-0.39, 0.29) is 24.2 Å². The largest absolute Gasteiger partial charge is 0.490 e. The lowest BCUT2D eigenvalue weighted by atomic mass is 10.3. The summed E-state index contributed by atoms with van der Waals surface area (Å²) in [7, 11) is 0. The number of carboxylic acid groups (broad SMARTS) is 1. The molecule has 1 aromatic carbocycles. The molecule has 0 aliphatic heterocycles. The average molecular weight is 210 g/mol. The Kier molecular flexibility index (Phi) is 2.58. The normalized spacial score (nSPS) is 23.5. The molecule has 1 aromatic rings. The van der Waals surface area contributed by atoms with Gasteiger partial charge in [0.1, 0.15) is 0 Å². The van der Waals surface area contributed by atoms with Crippen LogP contribution in [0.15, 0.2) is 24.3 Å². The van der Waals surface area contributed by atoms with Crippen LogP contribution in [-0.4, -0.2) is 17.7 Å². The average Bonchev–Trinajstić information content (AvgIpc) is 2.96. The number of carboxylic acids is 1. The summed E-state index contributed by atoms with van der Waals surface area (Å²) >= 11 is 0. The second kappa shape index (κ2) is 3.88. The fourth-order valence-electron chi connectivity index (χ4n) is 1.49. The first-order valence-electron chi connectivity index (χ1n) is 4.78. The van der Waals surface area contributed by atoms with Gasteiger partial charge in [-0.25, -0.2) is 4.39 Å². The quantitative estimate of drug-likeness (QED) is 0.825. The van der Waals surface area contributed by atoms with Crippen LogP contribution in [0.25, 0.3) is 0 Å². The van der Waals surface area contributed by atoms with Crippen LogP contribution < -0.4 is 4.74 Å². The first kappa shape index (κ1) is 9.96. The fourth-order valence-corrected chi connectivity index (χ4v) is 1.49. The molecular weight excluding hydrogens is 199 g/mol. The molecule has 2 unspecified atom stereocenters. The molecular formula is C11H11FO3. The Balaban J connectivity index is 1.85. The summed E-state index contributed by atoms with van der Waals surface area (Å²) in [5.74, 6) is -1.30. The third-order valence-electron chi connectivity index (χ3n) is 2.53. The van der Waals surface area contributed by atoms with Crippen LogP contribution in [0.4, 0.5) is 4.39 Å². The van der Waals surface area contributed by atoms with Crippen molar-refractivity contribution in [3.63, 3.8) is 0 Å². The van der Waals surface area contributed by atoms with E-state index in [0.29, 0.717) is 6.42 Å². The number of aliphatic carboxylic acids is 1. The van der Waals surface area contributed by atoms with E-state index in [1.165, 1.54) is 12.1 Å². The molecule has 3 nitrogen and oxygen atoms in total. The molecule has 1 aliphatic carbocycles. The summed E-state index contributed by atoms with van der Waals surface area (Å²) in [5, 5.41) is 8.65. The number of para-hydroxylation sites is 1. The van der Waals surface area contributed by atoms with Gasteiger partial charge in [0.25, 0.3) is 0 Å². The van der Waals surface area contributed by atoms with E-state index >= 15 is 0 Å². The second-order valence-corrected chi connectivity index (χ2v) is 3.68. The van der Waals surface area contributed by atoms with Gasteiger partial charge in [-0.05, 0) is 18.6 Å². The lowest BCUT2D eigenvalue weighted by Gasteiger charge is -2.05. The van der Waals surface area contributed by atoms with E-state index < -0.39 is 11.8 Å². The number of ether oxygens (including phenoxy) is 1. The Morgan fingerprint density at radius 3 is 2.87 bits per heavy atom. The molecule has 0 saturated heterocycles. The van der Waals surface area contributed by atoms with Gasteiger partial charge in [0, 0.05) is 5.92 Å². The molecule has 0 bridgehead atoms. The molecule has 0 radical (unpaired) electrons. The Bertz CT molecular complexity index is 378. The minimum atomic E-state index is -0.794. The van der Waals surface area contributed by atoms with Crippen LogP contribution in [0.2, 0.25) is 0 Å². The summed E-state index contributed by atoms with van der Waals surface area (Å²) in [6.45, 7) is 0.276. The predicted molar refractivity (Wildman–Crippen MR) is 51.1 cm³/mol. The molecule has 2 atom stereocenters. The minimum Gasteiger partial charge on any atom is -0.490 e. The number of rotatable bonds is 4. The van der Waals surface area contributed by atoms with Crippen LogP contribution in [0, 0.1) is 17.7 Å². The van der Waals surface area contributed by atoms with Crippen molar-refractivity contribution in [3.05, 3.63) is 30.1 Å². The Hall–Kier alpha value is -1.58. The summed E-state index contributed by atoms with van der Waals surface area (Å²) in [5.41, 5.74) is 0. The van der Waals surface area contributed by atoms with E-state index in [0.717, 1.165) is 0 Å². The molecule has 0 amide bonds. The van der Waals surface area contributed by atoms with Crippen molar-refractivity contribution < 1.29 is 19.0 Å². The maximum Gasteiger partial charge on any atom is 0.306 e. The summed E-state index contributed by atoms with van der Waals surface area (Å²) in [6.07, 6.45) is 0.629. The van der Waals surface area contributed by atoms with E-state index in [1.807, 2.05) is 0 Å². The molecule has 0 heterocycles. The fraction of sp³-hybridized carbons (Fsp3) is 0.364. The molecule has 1 N–H and O–H groups in total. The van der Waals surface area contributed by atoms with Gasteiger partial charge in [-0.3, -0.25) is 4.79 Å². The number of hydrogen-bond acceptors (Lipinski definition) is 2. The number of benzene rings is 1. The lowest BCUT2D eigenvalue weighted by Crippen LogP contribution is -2.06. The van der Waals surface area contributed by atoms with Gasteiger partial charge in [-0.2, -0.15) is 0 Å². The van der Waals surface area contributed by atoms with Gasteiger partial charge in [0.05, 0.1) is 12.5 Å². The van der Waals surface area contributed by atoms with Gasteiger partial charge in [0.15, 0.2) is 11.6 Å². The van der Waals surface area contributed by atoms with Crippen LogP contribution >= 0.6 is 0 Å². The van der Waals surface area contributed by atoms with Gasteiger partial charge in [-0.1, -0.05) is 12.1 Å². The van der Waals surface area contributed by atoms with Crippen LogP contribution in [-0.2, 0) is 4.79 Å². The minimum absolute atomic E-state index is 0.0297. The Morgan fingerprint density at radius 1 is 1.53 bits per heavy atom. The molecule has 0 spiro atoms. The highest BCUT2D eigenvalue weighted by Crippen LogP contribution is 2.38. The van der Waals surface area contributed by atoms with Gasteiger partial charge < -0.3 is 9.84 Å². The van der Waals surface area contributed by atoms with Crippen LogP contribution in [0.1, 0.15) is 6.42 Å². The molecule has 4 heteroatoms. The highest BCUT2D eigenvalue weighted by atomic mass is 19.1. The van der Waals surface area contributed by atoms with Crippen LogP contribution in [0.5, 0.6) is 5.75 Å². The van der Waals surface area contributed by atoms with E-state index in [9.17, 15) is 9.18 Å². The predicted octanol–water partition coefficient (Wildman–Crippen LogP) is 1.93. The molecule has 0 aromatic heterocycles. The molecule has 15 heavy (non-hydrogen) atoms. The Morgan fingerprint density at radius 2 is 2.27 bits per heavy atom. The number of hydrogen-bond donors (Lipinski definition) is 1. The first-order chi connectivity index (χ1) is 7.18. The maximum absolute atomic E-state index is 13.1. The van der Waals surface area contributed by atoms with Crippen molar-refractivity contribution >= 4 is 5.97 Å². The van der Waals surface area contributed by atoms with Crippen molar-refractivity contribution in [2.75, 3.05) is 6.61 Å². The standard InChI is InChI=1S/C11H11FO3/c12-9-3-1-2-4-10(9)15-6-7-5-8(7)11(13)14/h1-4,7-8H,5-6H2,(H,13,14). The van der Waals surface area contributed by atoms with Crippen molar-refractivity contribution in [2.24, 2.45) is 11.8 Å². The summed E-state index contributed by atoms with van der Waals surface area (Å²) in [6, 6.07) is 6.11. The van der Waals surface area contributed by atoms with Gasteiger partial charge in [-0.15, -0.1) is 0 Å². The molecule has 80 valence electrons. The molecule has 1 aliphatic rings. The third-order valence-corrected chi connectivity index (χ3v) is 2.53.